The van der Waals surface area contributed by atoms with Crippen molar-refractivity contribution in [2.24, 2.45) is 5.92 Å². The predicted octanol–water partition coefficient (Wildman–Crippen LogP) is 2.80. The largest absolute Gasteiger partial charge is 0.381 e. The van der Waals surface area contributed by atoms with E-state index in [4.69, 9.17) is 9.26 Å². The fourth-order valence-corrected chi connectivity index (χ4v) is 3.48. The van der Waals surface area contributed by atoms with E-state index in [1.54, 1.807) is 11.3 Å². The van der Waals surface area contributed by atoms with Crippen molar-refractivity contribution in [3.05, 3.63) is 22.7 Å². The summed E-state index contributed by atoms with van der Waals surface area (Å²) in [6.07, 6.45) is 3.76. The molecule has 112 valence electrons. The molecule has 2 aromatic heterocycles. The average Bonchev–Trinajstić information content (AvgIpc) is 2.93. The van der Waals surface area contributed by atoms with Gasteiger partial charge in [0.15, 0.2) is 0 Å². The molecule has 5 nitrogen and oxygen atoms in total. The summed E-state index contributed by atoms with van der Waals surface area (Å²) >= 11 is 1.65. The second-order valence-corrected chi connectivity index (χ2v) is 6.69. The van der Waals surface area contributed by atoms with Gasteiger partial charge in [-0.05, 0) is 36.6 Å². The molecule has 1 saturated carbocycles. The van der Waals surface area contributed by atoms with Gasteiger partial charge in [0.05, 0.1) is 13.2 Å². The molecule has 0 spiro atoms. The fraction of sp³-hybridized carbons (Fsp3) is 0.600. The Morgan fingerprint density at radius 2 is 2.29 bits per heavy atom. The van der Waals surface area contributed by atoms with E-state index >= 15 is 0 Å². The van der Waals surface area contributed by atoms with Gasteiger partial charge >= 0.3 is 0 Å². The first-order valence-electron chi connectivity index (χ1n) is 7.55. The van der Waals surface area contributed by atoms with Crippen LogP contribution in [0.25, 0.3) is 11.4 Å². The van der Waals surface area contributed by atoms with E-state index in [1.165, 1.54) is 19.3 Å². The lowest BCUT2D eigenvalue weighted by molar-refractivity contribution is 0.153. The highest BCUT2D eigenvalue weighted by molar-refractivity contribution is 7.08. The summed E-state index contributed by atoms with van der Waals surface area (Å²) in [5.41, 5.74) is 1.04. The maximum absolute atomic E-state index is 5.48. The van der Waals surface area contributed by atoms with Crippen molar-refractivity contribution in [3.63, 3.8) is 0 Å². The maximum Gasteiger partial charge on any atom is 0.241 e. The fourth-order valence-electron chi connectivity index (χ4n) is 2.84. The molecule has 1 aliphatic heterocycles. The second kappa shape index (κ2) is 5.87. The molecule has 0 bridgehead atoms. The van der Waals surface area contributed by atoms with Crippen molar-refractivity contribution in [2.45, 2.75) is 31.8 Å². The van der Waals surface area contributed by atoms with E-state index < -0.39 is 0 Å². The number of thiophene rings is 1. The third-order valence-electron chi connectivity index (χ3n) is 4.17. The van der Waals surface area contributed by atoms with Gasteiger partial charge in [-0.25, -0.2) is 0 Å². The van der Waals surface area contributed by atoms with E-state index in [0.29, 0.717) is 17.8 Å². The molecule has 0 radical (unpaired) electrons. The molecule has 2 aliphatic rings. The predicted molar refractivity (Wildman–Crippen MR) is 80.0 cm³/mol. The Kier molecular flexibility index (Phi) is 3.75. The minimum atomic E-state index is 0.657. The van der Waals surface area contributed by atoms with E-state index in [2.05, 4.69) is 15.0 Å². The molecular formula is C15H19N3O2S. The number of nitrogens with zero attached hydrogens (tertiary/aromatic N) is 3. The normalized spacial score (nSPS) is 22.2. The van der Waals surface area contributed by atoms with Crippen LogP contribution in [-0.2, 0) is 11.3 Å². The number of aromatic nitrogens is 2. The Balaban J connectivity index is 1.43. The van der Waals surface area contributed by atoms with Crippen LogP contribution in [0.1, 0.15) is 25.2 Å². The summed E-state index contributed by atoms with van der Waals surface area (Å²) in [6.45, 7) is 3.65. The van der Waals surface area contributed by atoms with E-state index in [-0.39, 0.29) is 0 Å². The zero-order chi connectivity index (χ0) is 14.1. The first-order chi connectivity index (χ1) is 10.4. The monoisotopic (exact) mass is 305 g/mol. The van der Waals surface area contributed by atoms with Crippen LogP contribution in [0.3, 0.4) is 0 Å². The lowest BCUT2D eigenvalue weighted by Gasteiger charge is -2.22. The smallest absolute Gasteiger partial charge is 0.241 e. The van der Waals surface area contributed by atoms with Crippen LogP contribution in [0, 0.1) is 5.92 Å². The van der Waals surface area contributed by atoms with Crippen molar-refractivity contribution in [1.29, 1.82) is 0 Å². The lowest BCUT2D eigenvalue weighted by atomic mass is 10.1. The van der Waals surface area contributed by atoms with Crippen LogP contribution in [0.4, 0.5) is 0 Å². The molecular weight excluding hydrogens is 286 g/mol. The third-order valence-corrected chi connectivity index (χ3v) is 4.85. The van der Waals surface area contributed by atoms with Gasteiger partial charge in [-0.15, -0.1) is 0 Å². The SMILES string of the molecule is c1cc(-c2noc(CN(C[C@H]3CCOC3)C3CC3)n2)cs1. The minimum absolute atomic E-state index is 0.657. The summed E-state index contributed by atoms with van der Waals surface area (Å²) < 4.78 is 10.9. The Morgan fingerprint density at radius 1 is 1.33 bits per heavy atom. The van der Waals surface area contributed by atoms with Gasteiger partial charge in [0.2, 0.25) is 11.7 Å². The Morgan fingerprint density at radius 3 is 3.00 bits per heavy atom. The molecule has 2 aromatic rings. The number of hydrogen-bond donors (Lipinski definition) is 0. The highest BCUT2D eigenvalue weighted by atomic mass is 32.1. The summed E-state index contributed by atoms with van der Waals surface area (Å²) in [7, 11) is 0. The summed E-state index contributed by atoms with van der Waals surface area (Å²) in [6, 6.07) is 2.72. The molecule has 1 atom stereocenters. The number of rotatable bonds is 6. The van der Waals surface area contributed by atoms with Crippen LogP contribution in [0.2, 0.25) is 0 Å². The Bertz CT molecular complexity index is 574. The van der Waals surface area contributed by atoms with E-state index in [1.807, 2.05) is 16.8 Å². The maximum atomic E-state index is 5.48. The zero-order valence-corrected chi connectivity index (χ0v) is 12.7. The summed E-state index contributed by atoms with van der Waals surface area (Å²) in [4.78, 5) is 7.02. The van der Waals surface area contributed by atoms with Crippen LogP contribution in [-0.4, -0.2) is 40.8 Å². The van der Waals surface area contributed by atoms with Gasteiger partial charge in [0.25, 0.3) is 0 Å². The van der Waals surface area contributed by atoms with Crippen LogP contribution >= 0.6 is 11.3 Å². The van der Waals surface area contributed by atoms with Crippen LogP contribution in [0.15, 0.2) is 21.3 Å². The van der Waals surface area contributed by atoms with Crippen molar-refractivity contribution in [3.8, 4) is 11.4 Å². The van der Waals surface area contributed by atoms with Gasteiger partial charge in [-0.1, -0.05) is 5.16 Å². The first-order valence-corrected chi connectivity index (χ1v) is 8.50. The molecule has 2 fully saturated rings. The Hall–Kier alpha value is -1.24. The second-order valence-electron chi connectivity index (χ2n) is 5.91. The van der Waals surface area contributed by atoms with Gasteiger partial charge in [-0.3, -0.25) is 4.90 Å². The standard InChI is InChI=1S/C15H19N3O2S/c1-2-13(1)18(7-11-3-5-19-9-11)8-14-16-15(17-20-14)12-4-6-21-10-12/h4,6,10-11,13H,1-3,5,7-9H2/t11-/m1/s1. The van der Waals surface area contributed by atoms with Gasteiger partial charge in [0.1, 0.15) is 0 Å². The average molecular weight is 305 g/mol. The molecule has 0 unspecified atom stereocenters. The number of hydrogen-bond acceptors (Lipinski definition) is 6. The highest BCUT2D eigenvalue weighted by Gasteiger charge is 2.32. The molecule has 0 N–H and O–H groups in total. The van der Waals surface area contributed by atoms with Gasteiger partial charge in [-0.2, -0.15) is 16.3 Å². The molecule has 0 aromatic carbocycles. The zero-order valence-electron chi connectivity index (χ0n) is 11.9. The molecule has 1 saturated heterocycles. The van der Waals surface area contributed by atoms with Gasteiger partial charge in [0, 0.05) is 30.1 Å². The van der Waals surface area contributed by atoms with Crippen LogP contribution in [0.5, 0.6) is 0 Å². The minimum Gasteiger partial charge on any atom is -0.381 e. The van der Waals surface area contributed by atoms with E-state index in [0.717, 1.165) is 37.8 Å². The van der Waals surface area contributed by atoms with Crippen molar-refractivity contribution >= 4 is 11.3 Å². The molecule has 1 aliphatic carbocycles. The molecule has 0 amide bonds. The van der Waals surface area contributed by atoms with Crippen molar-refractivity contribution in [1.82, 2.24) is 15.0 Å². The quantitative estimate of drug-likeness (QED) is 0.821. The number of ether oxygens (including phenoxy) is 1. The Labute approximate surface area is 127 Å². The molecule has 6 heteroatoms. The molecule has 3 heterocycles. The first kappa shape index (κ1) is 13.4. The molecule has 21 heavy (non-hydrogen) atoms. The summed E-state index contributed by atoms with van der Waals surface area (Å²) in [5, 5.41) is 8.17. The third kappa shape index (κ3) is 3.17. The van der Waals surface area contributed by atoms with Crippen LogP contribution < -0.4 is 0 Å². The van der Waals surface area contributed by atoms with Crippen molar-refractivity contribution < 1.29 is 9.26 Å². The highest BCUT2D eigenvalue weighted by Crippen LogP contribution is 2.30. The van der Waals surface area contributed by atoms with E-state index in [9.17, 15) is 0 Å². The topological polar surface area (TPSA) is 51.4 Å². The van der Waals surface area contributed by atoms with Gasteiger partial charge < -0.3 is 9.26 Å². The lowest BCUT2D eigenvalue weighted by Crippen LogP contribution is -2.31. The van der Waals surface area contributed by atoms with Crippen molar-refractivity contribution in [2.75, 3.05) is 19.8 Å². The summed E-state index contributed by atoms with van der Waals surface area (Å²) in [5.74, 6) is 2.08. The molecule has 4 rings (SSSR count).